The lowest BCUT2D eigenvalue weighted by atomic mass is 9.89. The number of ether oxygens (including phenoxy) is 1. The van der Waals surface area contributed by atoms with Crippen molar-refractivity contribution in [2.45, 2.75) is 38.8 Å². The summed E-state index contributed by atoms with van der Waals surface area (Å²) in [5, 5.41) is 3.24. The van der Waals surface area contributed by atoms with Gasteiger partial charge in [0.2, 0.25) is 0 Å². The van der Waals surface area contributed by atoms with Crippen molar-refractivity contribution in [1.29, 1.82) is 0 Å². The molecule has 1 saturated carbocycles. The first-order valence-corrected chi connectivity index (χ1v) is 5.63. The van der Waals surface area contributed by atoms with Crippen molar-refractivity contribution in [3.63, 3.8) is 0 Å². The maximum atomic E-state index is 11.2. The molecule has 0 aromatic carbocycles. The van der Waals surface area contributed by atoms with Crippen molar-refractivity contribution >= 4 is 5.82 Å². The van der Waals surface area contributed by atoms with Crippen molar-refractivity contribution in [2.75, 3.05) is 11.9 Å². The van der Waals surface area contributed by atoms with E-state index < -0.39 is 0 Å². The molecule has 1 heterocycles. The number of rotatable bonds is 4. The zero-order chi connectivity index (χ0) is 11.5. The fraction of sp³-hybridized carbons (Fsp3) is 0.636. The van der Waals surface area contributed by atoms with Gasteiger partial charge in [-0.3, -0.25) is 4.79 Å². The van der Waals surface area contributed by atoms with Gasteiger partial charge < -0.3 is 15.0 Å². The van der Waals surface area contributed by atoms with Gasteiger partial charge in [0, 0.05) is 18.7 Å². The highest BCUT2D eigenvalue weighted by molar-refractivity contribution is 5.35. The first-order chi connectivity index (χ1) is 7.67. The van der Waals surface area contributed by atoms with Crippen LogP contribution in [0, 0.1) is 6.92 Å². The fourth-order valence-electron chi connectivity index (χ4n) is 1.92. The summed E-state index contributed by atoms with van der Waals surface area (Å²) in [6, 6.07) is 1.87. The molecular formula is C11H17N3O2. The maximum absolute atomic E-state index is 11.2. The normalized spacial score (nSPS) is 23.9. The Morgan fingerprint density at radius 1 is 1.62 bits per heavy atom. The molecule has 0 unspecified atom stereocenters. The van der Waals surface area contributed by atoms with Gasteiger partial charge in [-0.1, -0.05) is 0 Å². The monoisotopic (exact) mass is 223 g/mol. The van der Waals surface area contributed by atoms with Gasteiger partial charge in [0.05, 0.1) is 6.10 Å². The highest BCUT2D eigenvalue weighted by atomic mass is 16.5. The topological polar surface area (TPSA) is 67.0 Å². The molecule has 0 bridgehead atoms. The summed E-state index contributed by atoms with van der Waals surface area (Å²) in [5.41, 5.74) is -0.115. The molecule has 0 saturated heterocycles. The molecule has 0 atom stereocenters. The van der Waals surface area contributed by atoms with Crippen molar-refractivity contribution in [1.82, 2.24) is 9.97 Å². The molecule has 1 aliphatic rings. The smallest absolute Gasteiger partial charge is 0.252 e. The van der Waals surface area contributed by atoms with Crippen LogP contribution in [0.25, 0.3) is 0 Å². The van der Waals surface area contributed by atoms with Crippen LogP contribution in [-0.4, -0.2) is 28.7 Å². The third-order valence-electron chi connectivity index (χ3n) is 2.71. The summed E-state index contributed by atoms with van der Waals surface area (Å²) < 4.78 is 5.46. The molecule has 1 fully saturated rings. The molecule has 1 aliphatic carbocycles. The summed E-state index contributed by atoms with van der Waals surface area (Å²) >= 11 is 0. The van der Waals surface area contributed by atoms with Crippen LogP contribution in [-0.2, 0) is 4.74 Å². The Hall–Kier alpha value is -1.36. The first kappa shape index (κ1) is 11.1. The van der Waals surface area contributed by atoms with Crippen LogP contribution >= 0.6 is 0 Å². The number of nitrogens with zero attached hydrogens (tertiary/aromatic N) is 1. The Morgan fingerprint density at radius 2 is 2.38 bits per heavy atom. The lowest BCUT2D eigenvalue weighted by molar-refractivity contribution is 0.00292. The predicted octanol–water partition coefficient (Wildman–Crippen LogP) is 1.06. The number of aryl methyl sites for hydroxylation is 1. The molecule has 2 rings (SSSR count). The second-order valence-electron chi connectivity index (χ2n) is 4.11. The van der Waals surface area contributed by atoms with Crippen LogP contribution in [0.15, 0.2) is 10.9 Å². The van der Waals surface area contributed by atoms with Gasteiger partial charge >= 0.3 is 0 Å². The Kier molecular flexibility index (Phi) is 3.24. The van der Waals surface area contributed by atoms with E-state index in [2.05, 4.69) is 15.3 Å². The quantitative estimate of drug-likeness (QED) is 0.801. The summed E-state index contributed by atoms with van der Waals surface area (Å²) in [7, 11) is 0. The first-order valence-electron chi connectivity index (χ1n) is 5.63. The van der Waals surface area contributed by atoms with Crippen LogP contribution in [0.4, 0.5) is 5.82 Å². The van der Waals surface area contributed by atoms with Crippen LogP contribution in [0.5, 0.6) is 0 Å². The van der Waals surface area contributed by atoms with Crippen molar-refractivity contribution < 1.29 is 4.74 Å². The Balaban J connectivity index is 1.89. The van der Waals surface area contributed by atoms with E-state index in [4.69, 9.17) is 4.74 Å². The maximum Gasteiger partial charge on any atom is 0.252 e. The van der Waals surface area contributed by atoms with Gasteiger partial charge in [-0.25, -0.2) is 4.98 Å². The van der Waals surface area contributed by atoms with Gasteiger partial charge in [-0.05, 0) is 26.7 Å². The van der Waals surface area contributed by atoms with E-state index in [1.165, 1.54) is 6.07 Å². The van der Waals surface area contributed by atoms with Crippen LogP contribution in [0.2, 0.25) is 0 Å². The largest absolute Gasteiger partial charge is 0.378 e. The predicted molar refractivity (Wildman–Crippen MR) is 61.7 cm³/mol. The van der Waals surface area contributed by atoms with E-state index in [1.54, 1.807) is 6.92 Å². The van der Waals surface area contributed by atoms with Gasteiger partial charge in [0.1, 0.15) is 11.6 Å². The second kappa shape index (κ2) is 4.65. The van der Waals surface area contributed by atoms with Crippen LogP contribution in [0.1, 0.15) is 25.6 Å². The van der Waals surface area contributed by atoms with Crippen LogP contribution in [0.3, 0.4) is 0 Å². The molecule has 0 spiro atoms. The third-order valence-corrected chi connectivity index (χ3v) is 2.71. The SMILES string of the molecule is CCOC1CC(Nc2cc(=O)[nH]c(C)n2)C1. The minimum Gasteiger partial charge on any atom is -0.378 e. The van der Waals surface area contributed by atoms with Crippen molar-refractivity contribution in [2.24, 2.45) is 0 Å². The van der Waals surface area contributed by atoms with E-state index in [-0.39, 0.29) is 5.56 Å². The number of aromatic nitrogens is 2. The summed E-state index contributed by atoms with van der Waals surface area (Å²) in [5.74, 6) is 1.29. The van der Waals surface area contributed by atoms with Crippen molar-refractivity contribution in [3.05, 3.63) is 22.2 Å². The molecule has 0 amide bonds. The number of aromatic amines is 1. The molecule has 88 valence electrons. The van der Waals surface area contributed by atoms with Gasteiger partial charge in [-0.15, -0.1) is 0 Å². The average molecular weight is 223 g/mol. The minimum atomic E-state index is -0.115. The van der Waals surface area contributed by atoms with E-state index in [1.807, 2.05) is 6.92 Å². The number of nitrogens with one attached hydrogen (secondary N) is 2. The highest BCUT2D eigenvalue weighted by Gasteiger charge is 2.29. The number of H-pyrrole nitrogens is 1. The number of hydrogen-bond acceptors (Lipinski definition) is 4. The van der Waals surface area contributed by atoms with Gasteiger partial charge in [0.15, 0.2) is 0 Å². The molecule has 2 N–H and O–H groups in total. The van der Waals surface area contributed by atoms with E-state index >= 15 is 0 Å². The van der Waals surface area contributed by atoms with Gasteiger partial charge in [0.25, 0.3) is 5.56 Å². The molecule has 0 aliphatic heterocycles. The minimum absolute atomic E-state index is 0.115. The fourth-order valence-corrected chi connectivity index (χ4v) is 1.92. The molecule has 1 aromatic rings. The second-order valence-corrected chi connectivity index (χ2v) is 4.11. The number of hydrogen-bond donors (Lipinski definition) is 2. The molecule has 5 heteroatoms. The lowest BCUT2D eigenvalue weighted by Gasteiger charge is -2.35. The third kappa shape index (κ3) is 2.61. The van der Waals surface area contributed by atoms with E-state index in [9.17, 15) is 4.79 Å². The molecular weight excluding hydrogens is 206 g/mol. The molecule has 5 nitrogen and oxygen atoms in total. The van der Waals surface area contributed by atoms with Crippen LogP contribution < -0.4 is 10.9 Å². The standard InChI is InChI=1S/C11H17N3O2/c1-3-16-9-4-8(5-9)14-10-6-11(15)13-7(2)12-10/h6,8-9H,3-5H2,1-2H3,(H2,12,13,14,15). The van der Waals surface area contributed by atoms with Crippen molar-refractivity contribution in [3.8, 4) is 0 Å². The molecule has 16 heavy (non-hydrogen) atoms. The number of anilines is 1. The zero-order valence-electron chi connectivity index (χ0n) is 9.62. The summed E-state index contributed by atoms with van der Waals surface area (Å²) in [6.07, 6.45) is 2.34. The Labute approximate surface area is 94.2 Å². The molecule has 0 radical (unpaired) electrons. The summed E-state index contributed by atoms with van der Waals surface area (Å²) in [4.78, 5) is 18.0. The lowest BCUT2D eigenvalue weighted by Crippen LogP contribution is -2.41. The van der Waals surface area contributed by atoms with Gasteiger partial charge in [-0.2, -0.15) is 0 Å². The highest BCUT2D eigenvalue weighted by Crippen LogP contribution is 2.25. The molecule has 1 aromatic heterocycles. The Bertz CT molecular complexity index is 410. The van der Waals surface area contributed by atoms with E-state index in [0.29, 0.717) is 23.8 Å². The van der Waals surface area contributed by atoms with E-state index in [0.717, 1.165) is 19.4 Å². The Morgan fingerprint density at radius 3 is 3.00 bits per heavy atom. The summed E-state index contributed by atoms with van der Waals surface area (Å²) in [6.45, 7) is 4.54. The zero-order valence-corrected chi connectivity index (χ0v) is 9.62. The average Bonchev–Trinajstić information content (AvgIpc) is 2.13.